The second-order valence-electron chi connectivity index (χ2n) is 10.6. The molecule has 0 rings (SSSR count). The third kappa shape index (κ3) is 15.1. The van der Waals surface area contributed by atoms with Crippen molar-refractivity contribution in [2.24, 2.45) is 35.4 Å². The molecule has 45 heavy (non-hydrogen) atoms. The van der Waals surface area contributed by atoms with Crippen molar-refractivity contribution in [3.63, 3.8) is 0 Å². The molecule has 3 N–H and O–H groups in total. The van der Waals surface area contributed by atoms with Gasteiger partial charge in [0.2, 0.25) is 36.5 Å². The molecule has 248 valence electrons. The number of rotatable bonds is 28. The van der Waals surface area contributed by atoms with E-state index in [2.05, 4.69) is 30.0 Å². The van der Waals surface area contributed by atoms with Gasteiger partial charge in [-0.1, -0.05) is 45.4 Å². The highest BCUT2D eigenvalue weighted by molar-refractivity contribution is 5.36. The van der Waals surface area contributed by atoms with Crippen molar-refractivity contribution in [1.29, 1.82) is 0 Å². The third-order valence-electron chi connectivity index (χ3n) is 8.02. The van der Waals surface area contributed by atoms with Gasteiger partial charge in [0.25, 0.3) is 0 Å². The average molecular weight is 633 g/mol. The van der Waals surface area contributed by atoms with Gasteiger partial charge in [-0.15, -0.1) is 0 Å². The van der Waals surface area contributed by atoms with Crippen LogP contribution < -0.4 is 0 Å². The number of hydrogen-bond acceptors (Lipinski definition) is 15. The summed E-state index contributed by atoms with van der Waals surface area (Å²) in [4.78, 5) is 87.1. The number of isocyanates is 6. The molecule has 0 aliphatic rings. The van der Waals surface area contributed by atoms with Gasteiger partial charge in [0.05, 0.1) is 61.5 Å². The molecule has 0 aromatic rings. The highest BCUT2D eigenvalue weighted by Crippen LogP contribution is 2.43. The summed E-state index contributed by atoms with van der Waals surface area (Å²) in [5.41, 5.74) is -1.90. The fourth-order valence-corrected chi connectivity index (χ4v) is 5.61. The number of aliphatic imine (C=N–C) groups is 6. The standard InChI is InChI=1S/C30H44N6O9/c1-2-30(27(43)24(34-21-40)12-6-3-9-15-31-18-37,28(44)25(35-22-41)13-7-4-10-16-32-19-38)29(45)26(36-23-42)14-8-5-11-17-33-20-39/h24-29,43-45H,2-17H2,1H3. The van der Waals surface area contributed by atoms with Gasteiger partial charge in [0, 0.05) is 0 Å². The number of unbranched alkanes of at least 4 members (excludes halogenated alkanes) is 6. The van der Waals surface area contributed by atoms with E-state index in [0.29, 0.717) is 57.8 Å². The number of aliphatic hydroxyl groups excluding tert-OH is 3. The van der Waals surface area contributed by atoms with Crippen LogP contribution >= 0.6 is 0 Å². The molecule has 0 spiro atoms. The van der Waals surface area contributed by atoms with Crippen molar-refractivity contribution in [2.45, 2.75) is 127 Å². The quantitative estimate of drug-likeness (QED) is 0.0650. The fourth-order valence-electron chi connectivity index (χ4n) is 5.61. The first-order valence-electron chi connectivity index (χ1n) is 15.2. The van der Waals surface area contributed by atoms with Crippen LogP contribution in [0.4, 0.5) is 0 Å². The van der Waals surface area contributed by atoms with Crippen LogP contribution in [0.1, 0.15) is 90.4 Å². The van der Waals surface area contributed by atoms with E-state index >= 15 is 0 Å². The molecule has 6 atom stereocenters. The molecule has 0 heterocycles. The summed E-state index contributed by atoms with van der Waals surface area (Å²) in [7, 11) is 0. The zero-order valence-electron chi connectivity index (χ0n) is 25.8. The fraction of sp³-hybridized carbons (Fsp3) is 0.800. The van der Waals surface area contributed by atoms with E-state index in [-0.39, 0.29) is 45.3 Å². The predicted octanol–water partition coefficient (Wildman–Crippen LogP) is 2.27. The van der Waals surface area contributed by atoms with E-state index in [9.17, 15) is 44.1 Å². The molecule has 15 nitrogen and oxygen atoms in total. The minimum absolute atomic E-state index is 0.104. The zero-order valence-corrected chi connectivity index (χ0v) is 25.8. The zero-order chi connectivity index (χ0) is 33.8. The van der Waals surface area contributed by atoms with Crippen molar-refractivity contribution >= 4 is 36.5 Å². The molecule has 15 heteroatoms. The molecule has 0 aliphatic heterocycles. The minimum atomic E-state index is -1.90. The van der Waals surface area contributed by atoms with Gasteiger partial charge in [-0.2, -0.15) is 15.0 Å². The second-order valence-corrected chi connectivity index (χ2v) is 10.6. The smallest absolute Gasteiger partial charge is 0.235 e. The van der Waals surface area contributed by atoms with Crippen LogP contribution in [0.25, 0.3) is 0 Å². The molecule has 0 amide bonds. The van der Waals surface area contributed by atoms with E-state index in [1.807, 2.05) is 0 Å². The molecular formula is C30H44N6O9. The lowest BCUT2D eigenvalue weighted by molar-refractivity contribution is -0.161. The number of aliphatic hydroxyl groups is 3. The number of nitrogens with zero attached hydrogens (tertiary/aromatic N) is 6. The molecule has 0 radical (unpaired) electrons. The van der Waals surface area contributed by atoms with Gasteiger partial charge in [0.15, 0.2) is 0 Å². The Morgan fingerprint density at radius 2 is 0.756 bits per heavy atom. The lowest BCUT2D eigenvalue weighted by atomic mass is 9.63. The molecule has 0 bridgehead atoms. The van der Waals surface area contributed by atoms with Crippen LogP contribution in [0.3, 0.4) is 0 Å². The molecule has 0 aromatic heterocycles. The van der Waals surface area contributed by atoms with E-state index in [0.717, 1.165) is 0 Å². The molecule has 0 saturated carbocycles. The van der Waals surface area contributed by atoms with E-state index in [1.54, 1.807) is 6.92 Å². The van der Waals surface area contributed by atoms with Crippen molar-refractivity contribution in [2.75, 3.05) is 19.6 Å². The van der Waals surface area contributed by atoms with Crippen LogP contribution in [-0.2, 0) is 28.8 Å². The minimum Gasteiger partial charge on any atom is -0.390 e. The first-order chi connectivity index (χ1) is 21.9. The maximum atomic E-state index is 11.9. The van der Waals surface area contributed by atoms with Crippen LogP contribution in [0.5, 0.6) is 0 Å². The first-order valence-corrected chi connectivity index (χ1v) is 15.2. The Labute approximate surface area is 262 Å². The Hall–Kier alpha value is -3.84. The summed E-state index contributed by atoms with van der Waals surface area (Å²) in [6, 6.07) is -3.44. The van der Waals surface area contributed by atoms with Crippen molar-refractivity contribution in [1.82, 2.24) is 0 Å². The van der Waals surface area contributed by atoms with E-state index < -0.39 is 41.9 Å². The number of carbonyl (C=O) groups excluding carboxylic acids is 6. The summed E-state index contributed by atoms with van der Waals surface area (Å²) in [5, 5.41) is 35.6. The van der Waals surface area contributed by atoms with Crippen molar-refractivity contribution in [3.05, 3.63) is 0 Å². The van der Waals surface area contributed by atoms with Crippen LogP contribution in [0.2, 0.25) is 0 Å². The maximum Gasteiger partial charge on any atom is 0.235 e. The average Bonchev–Trinajstić information content (AvgIpc) is 3.04. The Kier molecular flexibility index (Phi) is 24.3. The van der Waals surface area contributed by atoms with Crippen LogP contribution in [0, 0.1) is 5.41 Å². The van der Waals surface area contributed by atoms with Gasteiger partial charge >= 0.3 is 0 Å². The summed E-state index contributed by atoms with van der Waals surface area (Å²) in [6.07, 6.45) is 8.57. The van der Waals surface area contributed by atoms with Gasteiger partial charge in [-0.05, 0) is 44.9 Å². The molecule has 0 aliphatic carbocycles. The van der Waals surface area contributed by atoms with Gasteiger partial charge in [0.1, 0.15) is 0 Å². The Balaban J connectivity index is 6.54. The Morgan fingerprint density at radius 1 is 0.467 bits per heavy atom. The molecule has 0 saturated heterocycles. The summed E-state index contributed by atoms with van der Waals surface area (Å²) in [6.45, 7) is 2.35. The summed E-state index contributed by atoms with van der Waals surface area (Å²) in [5.74, 6) is 0. The second kappa shape index (κ2) is 26.6. The topological polar surface area (TPSA) is 237 Å². The van der Waals surface area contributed by atoms with Gasteiger partial charge in [-0.3, -0.25) is 0 Å². The van der Waals surface area contributed by atoms with Crippen molar-refractivity contribution in [3.8, 4) is 0 Å². The normalized spacial score (nSPS) is 15.7. The first kappa shape index (κ1) is 41.2. The van der Waals surface area contributed by atoms with Crippen molar-refractivity contribution < 1.29 is 44.1 Å². The highest BCUT2D eigenvalue weighted by atomic mass is 16.3. The number of hydrogen-bond donors (Lipinski definition) is 3. The predicted molar refractivity (Wildman–Crippen MR) is 161 cm³/mol. The highest BCUT2D eigenvalue weighted by Gasteiger charge is 2.55. The van der Waals surface area contributed by atoms with Gasteiger partial charge in [-0.25, -0.2) is 43.7 Å². The largest absolute Gasteiger partial charge is 0.390 e. The Morgan fingerprint density at radius 3 is 0.978 bits per heavy atom. The van der Waals surface area contributed by atoms with E-state index in [1.165, 1.54) is 36.5 Å². The maximum absolute atomic E-state index is 11.9. The van der Waals surface area contributed by atoms with Crippen LogP contribution in [-0.4, -0.2) is 108 Å². The van der Waals surface area contributed by atoms with Crippen LogP contribution in [0.15, 0.2) is 30.0 Å². The van der Waals surface area contributed by atoms with Gasteiger partial charge < -0.3 is 15.3 Å². The summed E-state index contributed by atoms with van der Waals surface area (Å²) >= 11 is 0. The Bertz CT molecular complexity index is 995. The monoisotopic (exact) mass is 632 g/mol. The third-order valence-corrected chi connectivity index (χ3v) is 8.02. The lowest BCUT2D eigenvalue weighted by Crippen LogP contribution is -2.62. The SMILES string of the molecule is CCC(C(O)C(CCCCCN=C=O)N=C=O)(C(O)C(CCCCCN=C=O)N=C=O)C(O)C(CCCCCN=C=O)N=C=O. The molecular weight excluding hydrogens is 588 g/mol. The summed E-state index contributed by atoms with van der Waals surface area (Å²) < 4.78 is 0. The molecule has 0 aromatic carbocycles. The lowest BCUT2D eigenvalue weighted by Gasteiger charge is -2.48. The molecule has 6 unspecified atom stereocenters. The van der Waals surface area contributed by atoms with E-state index in [4.69, 9.17) is 0 Å². The molecule has 0 fully saturated rings.